The van der Waals surface area contributed by atoms with Crippen LogP contribution in [0.1, 0.15) is 25.5 Å². The van der Waals surface area contributed by atoms with Crippen LogP contribution in [0.3, 0.4) is 0 Å². The predicted octanol–water partition coefficient (Wildman–Crippen LogP) is 3.36. The van der Waals surface area contributed by atoms with Gasteiger partial charge in [-0.3, -0.25) is 4.90 Å². The van der Waals surface area contributed by atoms with E-state index in [1.54, 1.807) is 0 Å². The SMILES string of the molecule is CNC(c1cccc(Cl)c1Cl)C1CN(C(C)C)CCO1. The summed E-state index contributed by atoms with van der Waals surface area (Å²) in [5.74, 6) is 0. The van der Waals surface area contributed by atoms with Crippen molar-refractivity contribution in [2.45, 2.75) is 32.0 Å². The fraction of sp³-hybridized carbons (Fsp3) is 0.600. The van der Waals surface area contributed by atoms with Crippen LogP contribution < -0.4 is 5.32 Å². The maximum atomic E-state index is 6.34. The van der Waals surface area contributed by atoms with Gasteiger partial charge in [-0.25, -0.2) is 0 Å². The number of hydrogen-bond acceptors (Lipinski definition) is 3. The molecule has 5 heteroatoms. The first kappa shape index (κ1) is 16.1. The molecule has 0 bridgehead atoms. The molecule has 1 N–H and O–H groups in total. The molecule has 112 valence electrons. The zero-order chi connectivity index (χ0) is 14.7. The minimum atomic E-state index is 0.0442. The molecule has 0 aromatic heterocycles. The van der Waals surface area contributed by atoms with E-state index < -0.39 is 0 Å². The van der Waals surface area contributed by atoms with Crippen molar-refractivity contribution in [2.24, 2.45) is 0 Å². The number of ether oxygens (including phenoxy) is 1. The standard InChI is InChI=1S/C15H22Cl2N2O/c1-10(2)19-7-8-20-13(9-19)15(18-3)11-5-4-6-12(16)14(11)17/h4-6,10,13,15,18H,7-9H2,1-3H3. The summed E-state index contributed by atoms with van der Waals surface area (Å²) in [5.41, 5.74) is 0.997. The first-order valence-corrected chi connectivity index (χ1v) is 7.77. The van der Waals surface area contributed by atoms with E-state index in [9.17, 15) is 0 Å². The molecule has 0 aliphatic carbocycles. The summed E-state index contributed by atoms with van der Waals surface area (Å²) in [6.45, 7) is 7.05. The van der Waals surface area contributed by atoms with Crippen molar-refractivity contribution >= 4 is 23.2 Å². The van der Waals surface area contributed by atoms with Gasteiger partial charge in [0.05, 0.1) is 28.8 Å². The van der Waals surface area contributed by atoms with Crippen molar-refractivity contribution in [1.29, 1.82) is 0 Å². The average molecular weight is 317 g/mol. The lowest BCUT2D eigenvalue weighted by Crippen LogP contribution is -2.49. The largest absolute Gasteiger partial charge is 0.374 e. The molecule has 2 unspecified atom stereocenters. The molecule has 2 rings (SSSR count). The smallest absolute Gasteiger partial charge is 0.0897 e. The minimum absolute atomic E-state index is 0.0442. The lowest BCUT2D eigenvalue weighted by molar-refractivity contribution is -0.0550. The zero-order valence-electron chi connectivity index (χ0n) is 12.2. The van der Waals surface area contributed by atoms with Gasteiger partial charge in [-0.2, -0.15) is 0 Å². The number of nitrogens with one attached hydrogen (secondary N) is 1. The minimum Gasteiger partial charge on any atom is -0.374 e. The Hall–Kier alpha value is -0.320. The van der Waals surface area contributed by atoms with Crippen molar-refractivity contribution in [2.75, 3.05) is 26.7 Å². The molecular formula is C15H22Cl2N2O. The number of hydrogen-bond donors (Lipinski definition) is 1. The van der Waals surface area contributed by atoms with Crippen LogP contribution in [0.25, 0.3) is 0 Å². The second-order valence-corrected chi connectivity index (χ2v) is 6.19. The molecule has 1 aromatic rings. The second-order valence-electron chi connectivity index (χ2n) is 5.41. The average Bonchev–Trinajstić information content (AvgIpc) is 2.44. The van der Waals surface area contributed by atoms with E-state index in [-0.39, 0.29) is 12.1 Å². The summed E-state index contributed by atoms with van der Waals surface area (Å²) < 4.78 is 5.95. The Balaban J connectivity index is 2.21. The van der Waals surface area contributed by atoms with E-state index in [4.69, 9.17) is 27.9 Å². The van der Waals surface area contributed by atoms with E-state index in [0.29, 0.717) is 16.1 Å². The van der Waals surface area contributed by atoms with Crippen molar-refractivity contribution in [3.63, 3.8) is 0 Å². The Bertz CT molecular complexity index is 453. The van der Waals surface area contributed by atoms with Gasteiger partial charge < -0.3 is 10.1 Å². The summed E-state index contributed by atoms with van der Waals surface area (Å²) in [6, 6.07) is 6.31. The number of likely N-dealkylation sites (N-methyl/N-ethyl adjacent to an activating group) is 1. The number of morpholine rings is 1. The highest BCUT2D eigenvalue weighted by Gasteiger charge is 2.30. The molecule has 1 heterocycles. The van der Waals surface area contributed by atoms with Crippen LogP contribution >= 0.6 is 23.2 Å². The van der Waals surface area contributed by atoms with Crippen LogP contribution in [-0.4, -0.2) is 43.8 Å². The van der Waals surface area contributed by atoms with Gasteiger partial charge in [-0.15, -0.1) is 0 Å². The Morgan fingerprint density at radius 3 is 2.75 bits per heavy atom. The fourth-order valence-corrected chi connectivity index (χ4v) is 3.09. The van der Waals surface area contributed by atoms with Crippen molar-refractivity contribution < 1.29 is 4.74 Å². The van der Waals surface area contributed by atoms with E-state index in [1.165, 1.54) is 0 Å². The lowest BCUT2D eigenvalue weighted by Gasteiger charge is -2.39. The van der Waals surface area contributed by atoms with Gasteiger partial charge in [0, 0.05) is 19.1 Å². The van der Waals surface area contributed by atoms with Crippen LogP contribution in [0, 0.1) is 0 Å². The number of benzene rings is 1. The van der Waals surface area contributed by atoms with Gasteiger partial charge >= 0.3 is 0 Å². The molecule has 0 radical (unpaired) electrons. The molecule has 3 nitrogen and oxygen atoms in total. The highest BCUT2D eigenvalue weighted by Crippen LogP contribution is 2.33. The predicted molar refractivity (Wildman–Crippen MR) is 84.7 cm³/mol. The number of nitrogens with zero attached hydrogens (tertiary/aromatic N) is 1. The molecule has 1 aliphatic heterocycles. The lowest BCUT2D eigenvalue weighted by atomic mass is 9.99. The molecule has 1 aliphatic rings. The first-order valence-electron chi connectivity index (χ1n) is 7.01. The number of halogens is 2. The zero-order valence-corrected chi connectivity index (χ0v) is 13.7. The van der Waals surface area contributed by atoms with Crippen LogP contribution in [0.2, 0.25) is 10.0 Å². The van der Waals surface area contributed by atoms with Crippen LogP contribution in [0.5, 0.6) is 0 Å². The Kier molecular flexibility index (Phi) is 5.70. The second kappa shape index (κ2) is 7.10. The molecule has 1 fully saturated rings. The molecule has 2 atom stereocenters. The first-order chi connectivity index (χ1) is 9.54. The Morgan fingerprint density at radius 1 is 1.35 bits per heavy atom. The van der Waals surface area contributed by atoms with E-state index >= 15 is 0 Å². The van der Waals surface area contributed by atoms with E-state index in [0.717, 1.165) is 25.3 Å². The molecule has 0 saturated carbocycles. The quantitative estimate of drug-likeness (QED) is 0.921. The highest BCUT2D eigenvalue weighted by atomic mass is 35.5. The fourth-order valence-electron chi connectivity index (χ4n) is 2.67. The maximum Gasteiger partial charge on any atom is 0.0897 e. The topological polar surface area (TPSA) is 24.5 Å². The van der Waals surface area contributed by atoms with Gasteiger partial charge in [0.25, 0.3) is 0 Å². The van der Waals surface area contributed by atoms with Crippen molar-refractivity contribution in [3.8, 4) is 0 Å². The summed E-state index contributed by atoms with van der Waals surface area (Å²) in [6.07, 6.45) is 0.0760. The third kappa shape index (κ3) is 3.46. The van der Waals surface area contributed by atoms with Gasteiger partial charge in [-0.05, 0) is 32.5 Å². The molecule has 1 saturated heterocycles. The summed E-state index contributed by atoms with van der Waals surface area (Å²) >= 11 is 12.5. The Labute approximate surface area is 131 Å². The molecule has 1 aromatic carbocycles. The van der Waals surface area contributed by atoms with Crippen molar-refractivity contribution in [3.05, 3.63) is 33.8 Å². The molecule has 20 heavy (non-hydrogen) atoms. The molecular weight excluding hydrogens is 295 g/mol. The summed E-state index contributed by atoms with van der Waals surface area (Å²) in [5, 5.41) is 4.52. The normalized spacial score (nSPS) is 22.2. The van der Waals surface area contributed by atoms with Gasteiger partial charge in [0.15, 0.2) is 0 Å². The summed E-state index contributed by atoms with van der Waals surface area (Å²) in [7, 11) is 1.93. The van der Waals surface area contributed by atoms with Crippen LogP contribution in [0.4, 0.5) is 0 Å². The Morgan fingerprint density at radius 2 is 2.10 bits per heavy atom. The molecule has 0 spiro atoms. The van der Waals surface area contributed by atoms with E-state index in [2.05, 4.69) is 24.1 Å². The van der Waals surface area contributed by atoms with Gasteiger partial charge in [0.2, 0.25) is 0 Å². The van der Waals surface area contributed by atoms with Gasteiger partial charge in [-0.1, -0.05) is 35.3 Å². The third-order valence-electron chi connectivity index (χ3n) is 3.85. The van der Waals surface area contributed by atoms with Crippen LogP contribution in [-0.2, 0) is 4.74 Å². The number of rotatable bonds is 4. The summed E-state index contributed by atoms with van der Waals surface area (Å²) in [4.78, 5) is 2.43. The monoisotopic (exact) mass is 316 g/mol. The van der Waals surface area contributed by atoms with Crippen LogP contribution in [0.15, 0.2) is 18.2 Å². The van der Waals surface area contributed by atoms with Crippen molar-refractivity contribution in [1.82, 2.24) is 10.2 Å². The van der Waals surface area contributed by atoms with E-state index in [1.807, 2.05) is 25.2 Å². The molecule has 0 amide bonds. The third-order valence-corrected chi connectivity index (χ3v) is 4.69. The maximum absolute atomic E-state index is 6.34. The highest BCUT2D eigenvalue weighted by molar-refractivity contribution is 6.42. The van der Waals surface area contributed by atoms with Gasteiger partial charge in [0.1, 0.15) is 0 Å².